The summed E-state index contributed by atoms with van der Waals surface area (Å²) in [6, 6.07) is 0. The average molecular weight is 254 g/mol. The quantitative estimate of drug-likeness (QED) is 0.486. The normalized spacial score (nSPS) is 17.8. The Balaban J connectivity index is 4.65. The van der Waals surface area contributed by atoms with Crippen LogP contribution in [0.25, 0.3) is 0 Å². The highest BCUT2D eigenvalue weighted by Crippen LogP contribution is 2.38. The second kappa shape index (κ2) is 6.01. The molecule has 1 nitrogen and oxygen atoms in total. The van der Waals surface area contributed by atoms with Gasteiger partial charge in [0.2, 0.25) is 0 Å². The van der Waals surface area contributed by atoms with E-state index in [2.05, 4.69) is 67.3 Å². The van der Waals surface area contributed by atoms with Crippen molar-refractivity contribution < 1.29 is 4.43 Å². The van der Waals surface area contributed by atoms with Crippen molar-refractivity contribution in [1.82, 2.24) is 0 Å². The van der Waals surface area contributed by atoms with Gasteiger partial charge in [-0.1, -0.05) is 52.0 Å². The van der Waals surface area contributed by atoms with Gasteiger partial charge in [0.25, 0.3) is 0 Å². The van der Waals surface area contributed by atoms with Gasteiger partial charge in [-0.2, -0.15) is 0 Å². The third-order valence-electron chi connectivity index (χ3n) is 3.87. The van der Waals surface area contributed by atoms with E-state index < -0.39 is 8.32 Å². The van der Waals surface area contributed by atoms with Crippen LogP contribution in [-0.2, 0) is 4.43 Å². The average Bonchev–Trinajstić information content (AvgIpc) is 2.14. The van der Waals surface area contributed by atoms with Crippen LogP contribution in [0.15, 0.2) is 24.3 Å². The Bertz CT molecular complexity index is 284. The van der Waals surface area contributed by atoms with Gasteiger partial charge in [-0.3, -0.25) is 0 Å². The molecule has 0 aromatic carbocycles. The van der Waals surface area contributed by atoms with Crippen molar-refractivity contribution in [3.63, 3.8) is 0 Å². The van der Waals surface area contributed by atoms with Gasteiger partial charge in [0, 0.05) is 6.10 Å². The summed E-state index contributed by atoms with van der Waals surface area (Å²) in [5.41, 5.74) is 1.23. The van der Waals surface area contributed by atoms with E-state index in [4.69, 9.17) is 4.43 Å². The first-order chi connectivity index (χ1) is 7.51. The molecule has 0 aliphatic carbocycles. The van der Waals surface area contributed by atoms with Crippen LogP contribution in [0.1, 0.15) is 41.5 Å². The molecule has 0 aromatic heterocycles. The van der Waals surface area contributed by atoms with E-state index in [0.29, 0.717) is 5.92 Å². The summed E-state index contributed by atoms with van der Waals surface area (Å²) < 4.78 is 6.37. The monoisotopic (exact) mass is 254 g/mol. The van der Waals surface area contributed by atoms with E-state index in [0.717, 1.165) is 0 Å². The predicted octanol–water partition coefficient (Wildman–Crippen LogP) is 5.17. The van der Waals surface area contributed by atoms with E-state index in [-0.39, 0.29) is 11.1 Å². The summed E-state index contributed by atoms with van der Waals surface area (Å²) in [7, 11) is -1.65. The molecular formula is C15H30OSi. The van der Waals surface area contributed by atoms with Gasteiger partial charge in [0.15, 0.2) is 8.32 Å². The van der Waals surface area contributed by atoms with Gasteiger partial charge in [-0.15, -0.1) is 0 Å². The highest BCUT2D eigenvalue weighted by atomic mass is 28.4. The second-order valence-electron chi connectivity index (χ2n) is 6.56. The van der Waals surface area contributed by atoms with Gasteiger partial charge in [0.1, 0.15) is 0 Å². The van der Waals surface area contributed by atoms with Crippen molar-refractivity contribution in [3.8, 4) is 0 Å². The fraction of sp³-hybridized carbons (Fsp3) is 0.733. The molecule has 0 rings (SSSR count). The highest BCUT2D eigenvalue weighted by Gasteiger charge is 2.38. The molecule has 0 heterocycles. The van der Waals surface area contributed by atoms with E-state index >= 15 is 0 Å². The fourth-order valence-corrected chi connectivity index (χ4v) is 2.86. The maximum absolute atomic E-state index is 6.37. The number of rotatable bonds is 5. The maximum Gasteiger partial charge on any atom is 0.192 e. The minimum Gasteiger partial charge on any atom is -0.414 e. The van der Waals surface area contributed by atoms with E-state index in [1.165, 1.54) is 5.57 Å². The lowest BCUT2D eigenvalue weighted by Gasteiger charge is -2.39. The van der Waals surface area contributed by atoms with Crippen LogP contribution in [0.5, 0.6) is 0 Å². The first-order valence-corrected chi connectivity index (χ1v) is 9.41. The van der Waals surface area contributed by atoms with Gasteiger partial charge in [-0.25, -0.2) is 0 Å². The molecule has 0 bridgehead atoms. The zero-order valence-corrected chi connectivity index (χ0v) is 13.9. The molecule has 2 atom stereocenters. The van der Waals surface area contributed by atoms with Crippen molar-refractivity contribution in [2.75, 3.05) is 0 Å². The molecule has 0 amide bonds. The Morgan fingerprint density at radius 1 is 1.24 bits per heavy atom. The summed E-state index contributed by atoms with van der Waals surface area (Å²) in [6.45, 7) is 21.7. The molecular weight excluding hydrogens is 224 g/mol. The Hall–Kier alpha value is -0.343. The lowest BCUT2D eigenvalue weighted by Crippen LogP contribution is -2.44. The summed E-state index contributed by atoms with van der Waals surface area (Å²) in [5.74, 6) is 0.433. The Morgan fingerprint density at radius 3 is 2.06 bits per heavy atom. The molecule has 0 aliphatic rings. The Morgan fingerprint density at radius 2 is 1.71 bits per heavy atom. The van der Waals surface area contributed by atoms with Crippen molar-refractivity contribution in [3.05, 3.63) is 24.3 Å². The van der Waals surface area contributed by atoms with Crippen LogP contribution in [0.4, 0.5) is 0 Å². The van der Waals surface area contributed by atoms with Crippen LogP contribution in [0, 0.1) is 5.92 Å². The molecule has 0 spiro atoms. The van der Waals surface area contributed by atoms with Crippen LogP contribution in [0.2, 0.25) is 18.1 Å². The molecule has 2 heteroatoms. The minimum absolute atomic E-state index is 0.269. The summed E-state index contributed by atoms with van der Waals surface area (Å²) in [4.78, 5) is 0. The Kier molecular flexibility index (Phi) is 5.89. The Labute approximate surface area is 109 Å². The zero-order valence-electron chi connectivity index (χ0n) is 12.9. The van der Waals surface area contributed by atoms with E-state index in [1.54, 1.807) is 0 Å². The van der Waals surface area contributed by atoms with Crippen LogP contribution in [-0.4, -0.2) is 14.4 Å². The number of hydrogen-bond acceptors (Lipinski definition) is 1. The lowest BCUT2D eigenvalue weighted by molar-refractivity contribution is 0.163. The summed E-state index contributed by atoms with van der Waals surface area (Å²) in [6.07, 6.45) is 4.41. The van der Waals surface area contributed by atoms with Crippen molar-refractivity contribution in [1.29, 1.82) is 0 Å². The molecule has 0 aromatic rings. The summed E-state index contributed by atoms with van der Waals surface area (Å²) >= 11 is 0. The predicted molar refractivity (Wildman–Crippen MR) is 80.9 cm³/mol. The van der Waals surface area contributed by atoms with Crippen molar-refractivity contribution in [2.45, 2.75) is 65.8 Å². The van der Waals surface area contributed by atoms with Crippen molar-refractivity contribution in [2.24, 2.45) is 5.92 Å². The third-order valence-corrected chi connectivity index (χ3v) is 8.45. The standard InChI is InChI=1S/C15H30OSi/c1-10-12(2)11-13(3)14(4)16-17(8,9)15(5,6)7/h10-11,13-14H,1H2,2-9H3/b12-11+/t13-,14?/m0/s1. The van der Waals surface area contributed by atoms with E-state index in [1.807, 2.05) is 6.08 Å². The number of hydrogen-bond donors (Lipinski definition) is 0. The topological polar surface area (TPSA) is 9.23 Å². The smallest absolute Gasteiger partial charge is 0.192 e. The SMILES string of the molecule is C=C/C(C)=C/[C@H](C)C(C)O[Si](C)(C)C(C)(C)C. The van der Waals surface area contributed by atoms with Crippen LogP contribution < -0.4 is 0 Å². The maximum atomic E-state index is 6.37. The molecule has 17 heavy (non-hydrogen) atoms. The molecule has 0 radical (unpaired) electrons. The van der Waals surface area contributed by atoms with Gasteiger partial charge in [0.05, 0.1) is 0 Å². The molecule has 100 valence electrons. The number of allylic oxidation sites excluding steroid dienone is 2. The highest BCUT2D eigenvalue weighted by molar-refractivity contribution is 6.74. The third kappa shape index (κ3) is 5.22. The molecule has 0 N–H and O–H groups in total. The second-order valence-corrected chi connectivity index (χ2v) is 11.3. The first-order valence-electron chi connectivity index (χ1n) is 6.50. The lowest BCUT2D eigenvalue weighted by atomic mass is 10.0. The molecule has 0 fully saturated rings. The van der Waals surface area contributed by atoms with Gasteiger partial charge < -0.3 is 4.43 Å². The van der Waals surface area contributed by atoms with Crippen molar-refractivity contribution >= 4 is 8.32 Å². The fourth-order valence-electron chi connectivity index (χ4n) is 1.37. The molecule has 0 aliphatic heterocycles. The zero-order chi connectivity index (χ0) is 13.9. The minimum atomic E-state index is -1.65. The molecule has 0 saturated heterocycles. The first kappa shape index (κ1) is 16.7. The largest absolute Gasteiger partial charge is 0.414 e. The molecule has 0 saturated carbocycles. The summed E-state index contributed by atoms with van der Waals surface area (Å²) in [5, 5.41) is 0.276. The van der Waals surface area contributed by atoms with E-state index in [9.17, 15) is 0 Å². The van der Waals surface area contributed by atoms with Gasteiger partial charge in [-0.05, 0) is 37.9 Å². The van der Waals surface area contributed by atoms with Crippen LogP contribution in [0.3, 0.4) is 0 Å². The molecule has 1 unspecified atom stereocenters. The van der Waals surface area contributed by atoms with Crippen LogP contribution >= 0.6 is 0 Å². The van der Waals surface area contributed by atoms with Gasteiger partial charge >= 0.3 is 0 Å².